The summed E-state index contributed by atoms with van der Waals surface area (Å²) in [5.74, 6) is 9.50. The number of rotatable bonds is 8. The van der Waals surface area contributed by atoms with Crippen LogP contribution < -0.4 is 0 Å². The van der Waals surface area contributed by atoms with Crippen molar-refractivity contribution in [3.63, 3.8) is 0 Å². The molecule has 0 saturated carbocycles. The Kier molecular flexibility index (Phi) is 19.9. The number of hydrogen-bond acceptors (Lipinski definition) is 10. The molecule has 0 spiro atoms. The molecule has 2 heterocycles. The van der Waals surface area contributed by atoms with Crippen LogP contribution in [0.5, 0.6) is 0 Å². The lowest BCUT2D eigenvalue weighted by Crippen LogP contribution is -2.23. The van der Waals surface area contributed by atoms with Crippen molar-refractivity contribution in [1.82, 2.24) is 0 Å². The number of benzene rings is 1. The van der Waals surface area contributed by atoms with Crippen molar-refractivity contribution in [2.24, 2.45) is 11.8 Å². The highest BCUT2D eigenvalue weighted by atomic mass is 32.2. The van der Waals surface area contributed by atoms with Gasteiger partial charge in [0.2, 0.25) is 0 Å². The topological polar surface area (TPSA) is 55.4 Å². The molecule has 1 aromatic rings. The van der Waals surface area contributed by atoms with Gasteiger partial charge in [0.15, 0.2) is 0 Å². The third kappa shape index (κ3) is 16.6. The number of ether oxygens (including phenoxy) is 6. The molecule has 0 aromatic heterocycles. The highest BCUT2D eigenvalue weighted by molar-refractivity contribution is 8.03. The predicted octanol–water partition coefficient (Wildman–Crippen LogP) is 4.98. The molecule has 0 radical (unpaired) electrons. The fraction of sp³-hybridized carbons (Fsp3) is 0.786. The molecule has 0 aliphatic carbocycles. The van der Waals surface area contributed by atoms with Gasteiger partial charge < -0.3 is 28.4 Å². The lowest BCUT2D eigenvalue weighted by atomic mass is 10.1. The molecule has 10 heteroatoms. The van der Waals surface area contributed by atoms with Gasteiger partial charge in [0.05, 0.1) is 79.3 Å². The van der Waals surface area contributed by atoms with Gasteiger partial charge in [-0.05, 0) is 11.1 Å². The average molecular weight is 607 g/mol. The van der Waals surface area contributed by atoms with Crippen molar-refractivity contribution in [1.29, 1.82) is 0 Å². The minimum Gasteiger partial charge on any atom is -0.380 e. The van der Waals surface area contributed by atoms with E-state index in [0.717, 1.165) is 60.6 Å². The zero-order chi connectivity index (χ0) is 26.4. The van der Waals surface area contributed by atoms with E-state index < -0.39 is 0 Å². The summed E-state index contributed by atoms with van der Waals surface area (Å²) in [6, 6.07) is 8.49. The Balaban J connectivity index is 1.35. The van der Waals surface area contributed by atoms with Gasteiger partial charge in [0.25, 0.3) is 0 Å². The molecule has 0 N–H and O–H groups in total. The maximum atomic E-state index is 6.09. The van der Waals surface area contributed by atoms with Crippen LogP contribution in [0, 0.1) is 11.8 Å². The number of thioether (sulfide) groups is 4. The molecule has 2 fully saturated rings. The van der Waals surface area contributed by atoms with Crippen molar-refractivity contribution in [2.45, 2.75) is 13.2 Å². The molecular weight excluding hydrogens is 561 g/mol. The van der Waals surface area contributed by atoms with Crippen LogP contribution in [-0.2, 0) is 41.6 Å². The molecule has 3 rings (SSSR count). The predicted molar refractivity (Wildman–Crippen MR) is 165 cm³/mol. The van der Waals surface area contributed by atoms with Crippen molar-refractivity contribution < 1.29 is 28.4 Å². The SMILES string of the molecule is c1cc(COCC2COCCSCCSCCOC2)cc(COCC2COCCSCCSCCOC2)c1. The second-order valence-electron chi connectivity index (χ2n) is 9.33. The summed E-state index contributed by atoms with van der Waals surface area (Å²) in [5.41, 5.74) is 2.32. The first kappa shape index (κ1) is 32.9. The maximum Gasteiger partial charge on any atom is 0.0717 e. The lowest BCUT2D eigenvalue weighted by Gasteiger charge is -2.18. The molecule has 2 saturated heterocycles. The first-order valence-electron chi connectivity index (χ1n) is 13.8. The summed E-state index contributed by atoms with van der Waals surface area (Å²) in [4.78, 5) is 0. The van der Waals surface area contributed by atoms with E-state index in [9.17, 15) is 0 Å². The largest absolute Gasteiger partial charge is 0.380 e. The van der Waals surface area contributed by atoms with E-state index in [1.807, 2.05) is 47.0 Å². The molecule has 218 valence electrons. The summed E-state index contributed by atoms with van der Waals surface area (Å²) >= 11 is 7.88. The lowest BCUT2D eigenvalue weighted by molar-refractivity contribution is -0.00499. The van der Waals surface area contributed by atoms with E-state index >= 15 is 0 Å². The van der Waals surface area contributed by atoms with Crippen LogP contribution in [0.3, 0.4) is 0 Å². The Morgan fingerprint density at radius 2 is 0.921 bits per heavy atom. The molecular formula is C28H46O6S4. The zero-order valence-corrected chi connectivity index (χ0v) is 26.0. The van der Waals surface area contributed by atoms with Gasteiger partial charge in [-0.2, -0.15) is 47.0 Å². The fourth-order valence-corrected chi connectivity index (χ4v) is 7.55. The highest BCUT2D eigenvalue weighted by Gasteiger charge is 2.13. The van der Waals surface area contributed by atoms with Crippen molar-refractivity contribution in [2.75, 3.05) is 112 Å². The van der Waals surface area contributed by atoms with Crippen LogP contribution in [0.4, 0.5) is 0 Å². The molecule has 0 unspecified atom stereocenters. The molecule has 0 amide bonds. The summed E-state index contributed by atoms with van der Waals surface area (Å²) < 4.78 is 35.8. The Hall–Kier alpha value is 0.380. The zero-order valence-electron chi connectivity index (χ0n) is 22.7. The minimum atomic E-state index is 0.259. The van der Waals surface area contributed by atoms with Crippen LogP contribution in [0.15, 0.2) is 24.3 Å². The Bertz CT molecular complexity index is 620. The normalized spacial score (nSPS) is 21.7. The summed E-state index contributed by atoms with van der Waals surface area (Å²) in [6.45, 7) is 8.38. The summed E-state index contributed by atoms with van der Waals surface area (Å²) in [6.07, 6.45) is 0. The van der Waals surface area contributed by atoms with E-state index in [-0.39, 0.29) is 11.8 Å². The third-order valence-electron chi connectivity index (χ3n) is 5.88. The molecule has 0 atom stereocenters. The van der Waals surface area contributed by atoms with E-state index in [1.54, 1.807) is 0 Å². The standard InChI is InChI=1S/C28H46O6S4/c1-2-25(17-33-23-27-19-29-4-8-35-12-13-36-9-5-30-20-27)16-26(3-1)18-34-24-28-21-31-6-10-37-14-15-38-11-7-32-22-28/h1-3,16,27-28H,4-15,17-24H2. The quantitative estimate of drug-likeness (QED) is 0.405. The Labute approximate surface area is 247 Å². The van der Waals surface area contributed by atoms with Gasteiger partial charge in [-0.15, -0.1) is 0 Å². The van der Waals surface area contributed by atoms with Crippen LogP contribution in [0.25, 0.3) is 0 Å². The third-order valence-corrected chi connectivity index (χ3v) is 10.2. The first-order valence-corrected chi connectivity index (χ1v) is 18.4. The molecule has 2 aliphatic heterocycles. The Morgan fingerprint density at radius 3 is 1.29 bits per heavy atom. The van der Waals surface area contributed by atoms with Crippen molar-refractivity contribution >= 4 is 47.0 Å². The molecule has 38 heavy (non-hydrogen) atoms. The van der Waals surface area contributed by atoms with Crippen molar-refractivity contribution in [3.05, 3.63) is 35.4 Å². The van der Waals surface area contributed by atoms with E-state index in [4.69, 9.17) is 28.4 Å². The van der Waals surface area contributed by atoms with Crippen molar-refractivity contribution in [3.8, 4) is 0 Å². The van der Waals surface area contributed by atoms with Crippen LogP contribution >= 0.6 is 47.0 Å². The minimum absolute atomic E-state index is 0.259. The van der Waals surface area contributed by atoms with E-state index in [2.05, 4.69) is 24.3 Å². The molecule has 6 nitrogen and oxygen atoms in total. The molecule has 0 bridgehead atoms. The summed E-state index contributed by atoms with van der Waals surface area (Å²) in [7, 11) is 0. The van der Waals surface area contributed by atoms with Gasteiger partial charge in [0, 0.05) is 57.9 Å². The van der Waals surface area contributed by atoms with Crippen LogP contribution in [0.1, 0.15) is 11.1 Å². The van der Waals surface area contributed by atoms with Crippen LogP contribution in [0.2, 0.25) is 0 Å². The van der Waals surface area contributed by atoms with Gasteiger partial charge in [-0.3, -0.25) is 0 Å². The number of hydrogen-bond donors (Lipinski definition) is 0. The molecule has 2 aliphatic rings. The van der Waals surface area contributed by atoms with Crippen LogP contribution in [-0.4, -0.2) is 112 Å². The smallest absolute Gasteiger partial charge is 0.0717 e. The van der Waals surface area contributed by atoms with Gasteiger partial charge in [0.1, 0.15) is 0 Å². The fourth-order valence-electron chi connectivity index (χ4n) is 3.90. The summed E-state index contributed by atoms with van der Waals surface area (Å²) in [5, 5.41) is 0. The highest BCUT2D eigenvalue weighted by Crippen LogP contribution is 2.13. The average Bonchev–Trinajstić information content (AvgIpc) is 2.97. The van der Waals surface area contributed by atoms with E-state index in [0.29, 0.717) is 52.9 Å². The van der Waals surface area contributed by atoms with Gasteiger partial charge >= 0.3 is 0 Å². The van der Waals surface area contributed by atoms with Gasteiger partial charge in [-0.1, -0.05) is 24.3 Å². The second kappa shape index (κ2) is 23.0. The maximum absolute atomic E-state index is 6.09. The monoisotopic (exact) mass is 606 g/mol. The first-order chi connectivity index (χ1) is 18.9. The second-order valence-corrected chi connectivity index (χ2v) is 14.2. The van der Waals surface area contributed by atoms with Gasteiger partial charge in [-0.25, -0.2) is 0 Å². The molecule has 1 aromatic carbocycles. The Morgan fingerprint density at radius 1 is 0.553 bits per heavy atom. The van der Waals surface area contributed by atoms with E-state index in [1.165, 1.54) is 23.0 Å².